The van der Waals surface area contributed by atoms with Gasteiger partial charge in [0, 0.05) is 58.5 Å². The quantitative estimate of drug-likeness (QED) is 0.175. The molecule has 9 aromatic carbocycles. The highest BCUT2D eigenvalue weighted by molar-refractivity contribution is 7.27. The van der Waals surface area contributed by atoms with E-state index in [1.807, 2.05) is 11.3 Å². The highest BCUT2D eigenvalue weighted by Crippen LogP contribution is 2.48. The van der Waals surface area contributed by atoms with E-state index in [1.54, 1.807) is 0 Å². The van der Waals surface area contributed by atoms with Gasteiger partial charge in [0.2, 0.25) is 0 Å². The second-order valence-corrected chi connectivity index (χ2v) is 16.0. The first kappa shape index (κ1) is 32.8. The summed E-state index contributed by atoms with van der Waals surface area (Å²) in [5.74, 6) is 0.694. The molecule has 0 saturated carbocycles. The maximum atomic E-state index is 5.45. The average molecular weight is 756 g/mol. The lowest BCUT2D eigenvalue weighted by Crippen LogP contribution is -1.98. The smallest absolute Gasteiger partial charge is 0.160 e. The Balaban J connectivity index is 1.10. The van der Waals surface area contributed by atoms with E-state index in [9.17, 15) is 0 Å². The highest BCUT2D eigenvalue weighted by atomic mass is 32.1. The lowest BCUT2D eigenvalue weighted by Gasteiger charge is -2.15. The summed E-state index contributed by atoms with van der Waals surface area (Å²) >= 11 is 1.90. The predicted molar refractivity (Wildman–Crippen MR) is 246 cm³/mol. The molecule has 3 heterocycles. The normalized spacial score (nSPS) is 11.8. The molecule has 3 nitrogen and oxygen atoms in total. The van der Waals surface area contributed by atoms with Gasteiger partial charge in [0.1, 0.15) is 0 Å². The lowest BCUT2D eigenvalue weighted by molar-refractivity contribution is 1.17. The summed E-state index contributed by atoms with van der Waals surface area (Å²) in [5.41, 5.74) is 11.9. The van der Waals surface area contributed by atoms with Crippen LogP contribution in [0.5, 0.6) is 0 Å². The number of benzene rings is 9. The Morgan fingerprint density at radius 1 is 0.379 bits per heavy atom. The number of hydrogen-bond donors (Lipinski definition) is 0. The molecule has 0 atom stereocenters. The standard InChI is InChI=1S/C54H33N3S/c1-3-16-34(17-4-1)37-30-38(35-18-5-2-6-19-35)32-39(31-37)51-43-24-9-12-27-46(43)55-54(56-51)36-20-15-21-40(33-36)57-47-28-13-10-25-44(47)50-52(57)42-23-8-7-22-41(42)49-45-26-11-14-29-48(45)58-53(49)50/h1-33H. The molecule has 3 aromatic heterocycles. The van der Waals surface area contributed by atoms with Gasteiger partial charge in [-0.2, -0.15) is 0 Å². The molecule has 0 unspecified atom stereocenters. The third-order valence-electron chi connectivity index (χ3n) is 11.5. The third-order valence-corrected chi connectivity index (χ3v) is 12.7. The van der Waals surface area contributed by atoms with Crippen molar-refractivity contribution in [3.05, 3.63) is 200 Å². The summed E-state index contributed by atoms with van der Waals surface area (Å²) in [6, 6.07) is 71.8. The predicted octanol–water partition coefficient (Wildman–Crippen LogP) is 14.9. The summed E-state index contributed by atoms with van der Waals surface area (Å²) in [5, 5.41) is 8.74. The van der Waals surface area contributed by atoms with Crippen molar-refractivity contribution in [1.29, 1.82) is 0 Å². The van der Waals surface area contributed by atoms with E-state index < -0.39 is 0 Å². The van der Waals surface area contributed by atoms with Gasteiger partial charge in [0.05, 0.1) is 22.2 Å². The van der Waals surface area contributed by atoms with Crippen molar-refractivity contribution in [3.8, 4) is 50.6 Å². The Labute approximate surface area is 338 Å². The topological polar surface area (TPSA) is 30.7 Å². The van der Waals surface area contributed by atoms with Gasteiger partial charge >= 0.3 is 0 Å². The van der Waals surface area contributed by atoms with Crippen LogP contribution >= 0.6 is 11.3 Å². The van der Waals surface area contributed by atoms with Crippen LogP contribution < -0.4 is 0 Å². The van der Waals surface area contributed by atoms with Gasteiger partial charge in [-0.3, -0.25) is 0 Å². The van der Waals surface area contributed by atoms with Gasteiger partial charge in [-0.15, -0.1) is 11.3 Å². The molecular formula is C54H33N3S. The fourth-order valence-corrected chi connectivity index (χ4v) is 10.2. The fraction of sp³-hybridized carbons (Fsp3) is 0. The van der Waals surface area contributed by atoms with Crippen molar-refractivity contribution in [3.63, 3.8) is 0 Å². The maximum absolute atomic E-state index is 5.45. The van der Waals surface area contributed by atoms with Crippen LogP contribution in [0.3, 0.4) is 0 Å². The monoisotopic (exact) mass is 755 g/mol. The summed E-state index contributed by atoms with van der Waals surface area (Å²) in [6.45, 7) is 0. The SMILES string of the molecule is c1ccc(-c2cc(-c3ccccc3)cc(-c3nc(-c4cccc(-n5c6ccccc6c6c7sc8ccccc8c7c7ccccc7c65)c4)nc4ccccc34)c2)cc1. The molecule has 0 N–H and O–H groups in total. The van der Waals surface area contributed by atoms with E-state index in [-0.39, 0.29) is 0 Å². The Kier molecular flexibility index (Phi) is 7.40. The van der Waals surface area contributed by atoms with Crippen LogP contribution in [-0.4, -0.2) is 14.5 Å². The summed E-state index contributed by atoms with van der Waals surface area (Å²) in [6.07, 6.45) is 0. The molecule has 0 aliphatic carbocycles. The van der Waals surface area contributed by atoms with Gasteiger partial charge in [-0.05, 0) is 76.2 Å². The minimum absolute atomic E-state index is 0.694. The molecule has 12 rings (SSSR count). The Bertz CT molecular complexity index is 3510. The van der Waals surface area contributed by atoms with Gasteiger partial charge < -0.3 is 4.57 Å². The van der Waals surface area contributed by atoms with Gasteiger partial charge in [0.25, 0.3) is 0 Å². The van der Waals surface area contributed by atoms with Gasteiger partial charge in [0.15, 0.2) is 5.82 Å². The second kappa shape index (κ2) is 13.1. The van der Waals surface area contributed by atoms with Crippen molar-refractivity contribution >= 4 is 75.0 Å². The molecule has 270 valence electrons. The van der Waals surface area contributed by atoms with E-state index in [2.05, 4.69) is 205 Å². The van der Waals surface area contributed by atoms with Gasteiger partial charge in [-0.1, -0.05) is 152 Å². The van der Waals surface area contributed by atoms with Crippen LogP contribution in [0.4, 0.5) is 0 Å². The van der Waals surface area contributed by atoms with E-state index in [4.69, 9.17) is 9.97 Å². The first-order chi connectivity index (χ1) is 28.8. The van der Waals surface area contributed by atoms with E-state index >= 15 is 0 Å². The third kappa shape index (κ3) is 5.12. The minimum Gasteiger partial charge on any atom is -0.309 e. The fourth-order valence-electron chi connectivity index (χ4n) is 8.96. The number of nitrogens with zero attached hydrogens (tertiary/aromatic N) is 3. The molecule has 0 saturated heterocycles. The number of thiophene rings is 1. The van der Waals surface area contributed by atoms with Crippen LogP contribution in [0.25, 0.3) is 114 Å². The number of aromatic nitrogens is 3. The number of para-hydroxylation sites is 2. The zero-order valence-corrected chi connectivity index (χ0v) is 32.1. The number of rotatable bonds is 5. The second-order valence-electron chi connectivity index (χ2n) is 14.9. The lowest BCUT2D eigenvalue weighted by atomic mass is 9.94. The largest absolute Gasteiger partial charge is 0.309 e. The number of fused-ring (bicyclic) bond motifs is 11. The van der Waals surface area contributed by atoms with Crippen molar-refractivity contribution in [2.75, 3.05) is 0 Å². The zero-order chi connectivity index (χ0) is 38.2. The van der Waals surface area contributed by atoms with Gasteiger partial charge in [-0.25, -0.2) is 9.97 Å². The van der Waals surface area contributed by atoms with Crippen LogP contribution in [-0.2, 0) is 0 Å². The molecule has 58 heavy (non-hydrogen) atoms. The Morgan fingerprint density at radius 2 is 0.966 bits per heavy atom. The Hall–Kier alpha value is -7.40. The summed E-state index contributed by atoms with van der Waals surface area (Å²) in [7, 11) is 0. The molecule has 12 aromatic rings. The van der Waals surface area contributed by atoms with Crippen molar-refractivity contribution in [1.82, 2.24) is 14.5 Å². The molecule has 0 bridgehead atoms. The first-order valence-corrected chi connectivity index (χ1v) is 20.5. The summed E-state index contributed by atoms with van der Waals surface area (Å²) < 4.78 is 5.09. The van der Waals surface area contributed by atoms with Crippen molar-refractivity contribution in [2.45, 2.75) is 0 Å². The Morgan fingerprint density at radius 3 is 1.72 bits per heavy atom. The average Bonchev–Trinajstić information content (AvgIpc) is 3.86. The van der Waals surface area contributed by atoms with E-state index in [0.29, 0.717) is 5.82 Å². The van der Waals surface area contributed by atoms with Crippen molar-refractivity contribution < 1.29 is 0 Å². The summed E-state index contributed by atoms with van der Waals surface area (Å²) in [4.78, 5) is 10.7. The molecule has 0 aliphatic rings. The van der Waals surface area contributed by atoms with Crippen LogP contribution in [0.15, 0.2) is 200 Å². The highest BCUT2D eigenvalue weighted by Gasteiger charge is 2.22. The molecule has 0 fully saturated rings. The maximum Gasteiger partial charge on any atom is 0.160 e. The first-order valence-electron chi connectivity index (χ1n) is 19.7. The van der Waals surface area contributed by atoms with E-state index in [1.165, 1.54) is 63.9 Å². The molecular weight excluding hydrogens is 723 g/mol. The molecule has 0 aliphatic heterocycles. The van der Waals surface area contributed by atoms with E-state index in [0.717, 1.165) is 44.5 Å². The molecule has 4 heteroatoms. The minimum atomic E-state index is 0.694. The molecule has 0 radical (unpaired) electrons. The van der Waals surface area contributed by atoms with Crippen LogP contribution in [0.1, 0.15) is 0 Å². The molecule has 0 amide bonds. The van der Waals surface area contributed by atoms with Crippen molar-refractivity contribution in [2.24, 2.45) is 0 Å². The van der Waals surface area contributed by atoms with Crippen LogP contribution in [0, 0.1) is 0 Å². The molecule has 0 spiro atoms. The zero-order valence-electron chi connectivity index (χ0n) is 31.3. The van der Waals surface area contributed by atoms with Crippen LogP contribution in [0.2, 0.25) is 0 Å². The number of hydrogen-bond acceptors (Lipinski definition) is 3.